The number of nitrogens with one attached hydrogen (secondary N) is 2. The zero-order valence-corrected chi connectivity index (χ0v) is 26.3. The van der Waals surface area contributed by atoms with Gasteiger partial charge in [0.25, 0.3) is 0 Å². The molecule has 3 heterocycles. The Morgan fingerprint density at radius 3 is 1.79 bits per heavy atom. The molecule has 0 saturated heterocycles. The van der Waals surface area contributed by atoms with Crippen LogP contribution in [-0.2, 0) is 7.05 Å². The highest BCUT2D eigenvalue weighted by atomic mass is 16.5. The molecule has 0 spiro atoms. The molecule has 12 heteroatoms. The molecule has 0 saturated carbocycles. The highest BCUT2D eigenvalue weighted by Gasteiger charge is 2.19. The van der Waals surface area contributed by atoms with Gasteiger partial charge >= 0.3 is 0 Å². The minimum absolute atomic E-state index is 0. The SMILES string of the molecule is C#CC#CC#CC#CC#CC#CC#CC#CC#C.Cc1nc2c(-c3c(C)noc3C)cc(-c3c(C)cnn3C)cc2[nH]1.N=N/N=N/N=O.[HH].[HH].[HH].[HH].[HH].[HH].[HH].[HH]. The summed E-state index contributed by atoms with van der Waals surface area (Å²) in [4.78, 5) is 16.9. The zero-order valence-electron chi connectivity index (χ0n) is 26.3. The summed E-state index contributed by atoms with van der Waals surface area (Å²) in [5.74, 6) is 39.9. The van der Waals surface area contributed by atoms with Crippen molar-refractivity contribution in [3.05, 3.63) is 46.1 Å². The molecular formula is C36H38N10O2. The number of terminal acetylenes is 2. The van der Waals surface area contributed by atoms with Crippen molar-refractivity contribution in [2.45, 2.75) is 27.7 Å². The average molecular weight is 643 g/mol. The van der Waals surface area contributed by atoms with E-state index in [0.717, 1.165) is 56.3 Å². The van der Waals surface area contributed by atoms with Crippen LogP contribution >= 0.6 is 0 Å². The molecule has 4 rings (SSSR count). The number of rotatable bonds is 4. The third-order valence-corrected chi connectivity index (χ3v) is 5.48. The first-order chi connectivity index (χ1) is 23.3. The molecule has 0 fully saturated rings. The molecule has 3 aromatic heterocycles. The number of fused-ring (bicyclic) bond motifs is 1. The largest absolute Gasteiger partial charge is 0.361 e. The van der Waals surface area contributed by atoms with Crippen LogP contribution in [0.2, 0.25) is 0 Å². The minimum atomic E-state index is 0. The highest BCUT2D eigenvalue weighted by Crippen LogP contribution is 2.36. The molecule has 0 aliphatic heterocycles. The van der Waals surface area contributed by atoms with Crippen molar-refractivity contribution in [3.8, 4) is 130 Å². The van der Waals surface area contributed by atoms with E-state index in [4.69, 9.17) is 27.8 Å². The Bertz CT molecular complexity index is 2330. The molecule has 48 heavy (non-hydrogen) atoms. The lowest BCUT2D eigenvalue weighted by molar-refractivity contribution is 0.393. The molecule has 0 aliphatic rings. The van der Waals surface area contributed by atoms with Gasteiger partial charge < -0.3 is 9.51 Å². The van der Waals surface area contributed by atoms with Gasteiger partial charge in [0.2, 0.25) is 0 Å². The standard InChI is InChI=1S/C18H19N5O.C18H2.HN5O.8H2/c1-9-8-19-23(5)18(9)13-6-14(16-10(2)22-24-11(16)3)17-15(7-13)20-12(4)21-17;1-3-5-7-9-11-13-15-17-18-16-14-12-10-8-6-4-2;1-2-3-4-5-6;;;;;;;;/h6-8H,1-5H3,(H,20,21);1-2H;1H;8*1H/b;;2-1?,4-3+;;;;;;;;. The van der Waals surface area contributed by atoms with Crippen molar-refractivity contribution in [1.29, 1.82) is 5.53 Å². The van der Waals surface area contributed by atoms with E-state index in [9.17, 15) is 0 Å². The maximum Gasteiger partial charge on any atom is 0.141 e. The molecule has 2 N–H and O–H groups in total. The van der Waals surface area contributed by atoms with Gasteiger partial charge in [-0.15, -0.1) is 17.8 Å². The van der Waals surface area contributed by atoms with Crippen molar-refractivity contribution in [3.63, 3.8) is 0 Å². The molecule has 0 atom stereocenters. The van der Waals surface area contributed by atoms with Gasteiger partial charge in [-0.1, -0.05) is 5.16 Å². The Morgan fingerprint density at radius 2 is 1.40 bits per heavy atom. The van der Waals surface area contributed by atoms with E-state index >= 15 is 0 Å². The first-order valence-electron chi connectivity index (χ1n) is 13.2. The van der Waals surface area contributed by atoms with Crippen molar-refractivity contribution < 1.29 is 15.9 Å². The number of nitroso groups, excluding NO2 is 1. The van der Waals surface area contributed by atoms with Gasteiger partial charge in [-0.2, -0.15) is 10.6 Å². The Labute approximate surface area is 289 Å². The minimum Gasteiger partial charge on any atom is -0.361 e. The lowest BCUT2D eigenvalue weighted by atomic mass is 9.97. The van der Waals surface area contributed by atoms with E-state index < -0.39 is 0 Å². The Morgan fingerprint density at radius 1 is 0.854 bits per heavy atom. The number of imidazole rings is 1. The van der Waals surface area contributed by atoms with Gasteiger partial charge in [-0.05, 0) is 151 Å². The lowest BCUT2D eigenvalue weighted by Crippen LogP contribution is -1.95. The quantitative estimate of drug-likeness (QED) is 0.104. The predicted molar refractivity (Wildman–Crippen MR) is 198 cm³/mol. The molecule has 0 radical (unpaired) electrons. The molecule has 0 unspecified atom stereocenters. The number of hydrogen-bond donors (Lipinski definition) is 2. The van der Waals surface area contributed by atoms with Crippen LogP contribution in [0.5, 0.6) is 0 Å². The number of H-pyrrole nitrogens is 1. The fourth-order valence-electron chi connectivity index (χ4n) is 3.88. The fraction of sp³-hybridized carbons (Fsp3) is 0.139. The van der Waals surface area contributed by atoms with Crippen molar-refractivity contribution in [2.24, 2.45) is 28.0 Å². The van der Waals surface area contributed by atoms with Crippen molar-refractivity contribution in [2.75, 3.05) is 0 Å². The van der Waals surface area contributed by atoms with Crippen molar-refractivity contribution in [1.82, 2.24) is 24.9 Å². The van der Waals surface area contributed by atoms with E-state index in [2.05, 4.69) is 150 Å². The summed E-state index contributed by atoms with van der Waals surface area (Å²) in [7, 11) is 1.96. The summed E-state index contributed by atoms with van der Waals surface area (Å²) < 4.78 is 7.28. The van der Waals surface area contributed by atoms with Crippen LogP contribution in [0.4, 0.5) is 0 Å². The zero-order chi connectivity index (χ0) is 35.1. The van der Waals surface area contributed by atoms with Crippen LogP contribution in [0.15, 0.2) is 43.8 Å². The Kier molecular flexibility index (Phi) is 15.1. The van der Waals surface area contributed by atoms with Crippen LogP contribution < -0.4 is 0 Å². The van der Waals surface area contributed by atoms with Crippen LogP contribution in [0.25, 0.3) is 33.4 Å². The van der Waals surface area contributed by atoms with E-state index in [1.165, 1.54) is 0 Å². The number of aryl methyl sites for hydroxylation is 5. The van der Waals surface area contributed by atoms with Gasteiger partial charge in [0.05, 0.1) is 28.6 Å². The average Bonchev–Trinajstić information content (AvgIpc) is 3.74. The molecule has 0 bridgehead atoms. The summed E-state index contributed by atoms with van der Waals surface area (Å²) in [6, 6.07) is 4.28. The first-order valence-corrected chi connectivity index (χ1v) is 13.2. The molecular weight excluding hydrogens is 604 g/mol. The first kappa shape index (κ1) is 36.1. The Balaban J connectivity index is -0.000000136. The van der Waals surface area contributed by atoms with Gasteiger partial charge in [-0.3, -0.25) is 4.68 Å². The Hall–Kier alpha value is -8.05. The number of benzene rings is 1. The monoisotopic (exact) mass is 642 g/mol. The second kappa shape index (κ2) is 20.0. The van der Waals surface area contributed by atoms with E-state index in [1.54, 1.807) is 0 Å². The number of aromatic nitrogens is 5. The topological polar surface area (TPSA) is 163 Å². The van der Waals surface area contributed by atoms with Gasteiger partial charge in [-0.25, -0.2) is 4.98 Å². The van der Waals surface area contributed by atoms with Crippen LogP contribution in [-0.4, -0.2) is 24.9 Å². The van der Waals surface area contributed by atoms with Crippen LogP contribution in [0.1, 0.15) is 34.3 Å². The van der Waals surface area contributed by atoms with E-state index in [1.807, 2.05) is 44.0 Å². The van der Waals surface area contributed by atoms with Crippen LogP contribution in [0.3, 0.4) is 0 Å². The third kappa shape index (κ3) is 11.2. The van der Waals surface area contributed by atoms with Crippen LogP contribution in [0, 0.1) is 146 Å². The maximum absolute atomic E-state index is 8.91. The maximum atomic E-state index is 8.91. The summed E-state index contributed by atoms with van der Waals surface area (Å²) in [6.07, 6.45) is 11.6. The smallest absolute Gasteiger partial charge is 0.141 e. The second-order valence-electron chi connectivity index (χ2n) is 8.64. The molecule has 244 valence electrons. The summed E-state index contributed by atoms with van der Waals surface area (Å²) in [5.41, 5.74) is 14.0. The normalized spacial score (nSPS) is 8.23. The summed E-state index contributed by atoms with van der Waals surface area (Å²) >= 11 is 0. The lowest BCUT2D eigenvalue weighted by Gasteiger charge is -2.09. The number of nitrogens with zero attached hydrogens (tertiary/aromatic N) is 8. The second-order valence-corrected chi connectivity index (χ2v) is 8.64. The molecule has 12 nitrogen and oxygen atoms in total. The fourth-order valence-corrected chi connectivity index (χ4v) is 3.88. The molecule has 4 aromatic rings. The molecule has 1 aromatic carbocycles. The molecule has 0 amide bonds. The highest BCUT2D eigenvalue weighted by molar-refractivity contribution is 5.97. The number of aromatic amines is 1. The number of hydrogen-bond acceptors (Lipinski definition) is 6. The van der Waals surface area contributed by atoms with Crippen molar-refractivity contribution >= 4 is 11.0 Å². The van der Waals surface area contributed by atoms with Gasteiger partial charge in [0.15, 0.2) is 0 Å². The predicted octanol–water partition coefficient (Wildman–Crippen LogP) is 7.16. The summed E-state index contributed by atoms with van der Waals surface area (Å²) in [5, 5.41) is 17.7. The molecule has 0 aliphatic carbocycles. The van der Waals surface area contributed by atoms with E-state index in [0.29, 0.717) is 0 Å². The van der Waals surface area contributed by atoms with E-state index in [-0.39, 0.29) is 11.4 Å². The van der Waals surface area contributed by atoms with Gasteiger partial charge in [0.1, 0.15) is 16.9 Å². The summed E-state index contributed by atoms with van der Waals surface area (Å²) in [6.45, 7) is 7.92. The third-order valence-electron chi connectivity index (χ3n) is 5.48. The van der Waals surface area contributed by atoms with Gasteiger partial charge in [0, 0.05) is 40.4 Å².